The van der Waals surface area contributed by atoms with E-state index in [1.807, 2.05) is 10.9 Å². The van der Waals surface area contributed by atoms with Gasteiger partial charge in [0.25, 0.3) is 0 Å². The van der Waals surface area contributed by atoms with Crippen LogP contribution >= 0.6 is 0 Å². The van der Waals surface area contributed by atoms with Gasteiger partial charge in [-0.15, -0.1) is 0 Å². The second kappa shape index (κ2) is 5.31. The van der Waals surface area contributed by atoms with E-state index in [2.05, 4.69) is 44.3 Å². The molecule has 0 aliphatic rings. The molecule has 3 heteroatoms. The lowest BCUT2D eigenvalue weighted by atomic mass is 10.1. The van der Waals surface area contributed by atoms with Crippen LogP contribution in [0.1, 0.15) is 46.1 Å². The highest BCUT2D eigenvalue weighted by atomic mass is 15.3. The molecule has 0 fully saturated rings. The molecule has 1 rings (SSSR count). The van der Waals surface area contributed by atoms with Crippen LogP contribution in [0.25, 0.3) is 0 Å². The molecule has 0 spiro atoms. The maximum atomic E-state index is 4.36. The maximum absolute atomic E-state index is 4.36. The van der Waals surface area contributed by atoms with E-state index >= 15 is 0 Å². The summed E-state index contributed by atoms with van der Waals surface area (Å²) < 4.78 is 2.02. The molecule has 15 heavy (non-hydrogen) atoms. The van der Waals surface area contributed by atoms with E-state index in [0.717, 1.165) is 13.1 Å². The Kier molecular flexibility index (Phi) is 4.33. The Hall–Kier alpha value is -0.830. The monoisotopic (exact) mass is 209 g/mol. The molecule has 0 saturated heterocycles. The molecule has 1 aromatic heterocycles. The summed E-state index contributed by atoms with van der Waals surface area (Å²) in [4.78, 5) is 0. The van der Waals surface area contributed by atoms with Gasteiger partial charge in [0.15, 0.2) is 0 Å². The van der Waals surface area contributed by atoms with Crippen LogP contribution in [-0.2, 0) is 12.1 Å². The average Bonchev–Trinajstić information content (AvgIpc) is 2.60. The number of hydrogen-bond donors (Lipinski definition) is 1. The van der Waals surface area contributed by atoms with E-state index in [9.17, 15) is 0 Å². The van der Waals surface area contributed by atoms with E-state index < -0.39 is 0 Å². The highest BCUT2D eigenvalue weighted by molar-refractivity contribution is 5.04. The van der Waals surface area contributed by atoms with Crippen LogP contribution in [0.3, 0.4) is 0 Å². The van der Waals surface area contributed by atoms with Crippen molar-refractivity contribution >= 4 is 0 Å². The van der Waals surface area contributed by atoms with Crippen molar-refractivity contribution in [3.05, 3.63) is 18.0 Å². The minimum atomic E-state index is 0.0850. The Morgan fingerprint density at radius 3 is 2.67 bits per heavy atom. The van der Waals surface area contributed by atoms with Crippen molar-refractivity contribution in [1.29, 1.82) is 0 Å². The quantitative estimate of drug-likeness (QED) is 0.755. The summed E-state index contributed by atoms with van der Waals surface area (Å²) in [6, 6.07) is 0. The van der Waals surface area contributed by atoms with Crippen molar-refractivity contribution in [1.82, 2.24) is 15.1 Å². The second-order valence-corrected chi connectivity index (χ2v) is 4.99. The molecule has 1 aromatic rings. The minimum Gasteiger partial charge on any atom is -0.313 e. The van der Waals surface area contributed by atoms with Crippen molar-refractivity contribution in [2.75, 3.05) is 6.54 Å². The van der Waals surface area contributed by atoms with E-state index in [0.29, 0.717) is 0 Å². The lowest BCUT2D eigenvalue weighted by Gasteiger charge is -2.18. The Bertz CT molecular complexity index is 283. The van der Waals surface area contributed by atoms with Gasteiger partial charge >= 0.3 is 0 Å². The fourth-order valence-electron chi connectivity index (χ4n) is 1.35. The number of unbranched alkanes of at least 4 members (excludes halogenated alkanes) is 1. The Morgan fingerprint density at radius 1 is 1.40 bits per heavy atom. The van der Waals surface area contributed by atoms with Crippen molar-refractivity contribution in [3.8, 4) is 0 Å². The SMILES string of the molecule is CCCCNCc1cnn(C(C)(C)C)c1. The number of nitrogens with one attached hydrogen (secondary N) is 1. The number of nitrogens with zero attached hydrogens (tertiary/aromatic N) is 2. The lowest BCUT2D eigenvalue weighted by Crippen LogP contribution is -2.22. The zero-order valence-electron chi connectivity index (χ0n) is 10.4. The van der Waals surface area contributed by atoms with E-state index in [4.69, 9.17) is 0 Å². The Morgan fingerprint density at radius 2 is 2.13 bits per heavy atom. The lowest BCUT2D eigenvalue weighted by molar-refractivity contribution is 0.355. The summed E-state index contributed by atoms with van der Waals surface area (Å²) in [5.41, 5.74) is 1.35. The largest absolute Gasteiger partial charge is 0.313 e. The van der Waals surface area contributed by atoms with E-state index in [1.54, 1.807) is 0 Å². The van der Waals surface area contributed by atoms with Crippen molar-refractivity contribution in [3.63, 3.8) is 0 Å². The van der Waals surface area contributed by atoms with Gasteiger partial charge in [-0.05, 0) is 33.7 Å². The van der Waals surface area contributed by atoms with Gasteiger partial charge in [-0.3, -0.25) is 4.68 Å². The molecular weight excluding hydrogens is 186 g/mol. The predicted molar refractivity (Wildman–Crippen MR) is 63.8 cm³/mol. The topological polar surface area (TPSA) is 29.9 Å². The van der Waals surface area contributed by atoms with Crippen molar-refractivity contribution in [2.24, 2.45) is 0 Å². The zero-order chi connectivity index (χ0) is 11.3. The Labute approximate surface area is 92.9 Å². The first-order valence-electron chi connectivity index (χ1n) is 5.79. The first-order chi connectivity index (χ1) is 7.04. The molecule has 1 N–H and O–H groups in total. The highest BCUT2D eigenvalue weighted by Crippen LogP contribution is 2.12. The van der Waals surface area contributed by atoms with Crippen LogP contribution in [0.5, 0.6) is 0 Å². The molecular formula is C12H23N3. The molecule has 1 heterocycles. The van der Waals surface area contributed by atoms with Gasteiger partial charge in [0.05, 0.1) is 11.7 Å². The van der Waals surface area contributed by atoms with Crippen molar-refractivity contribution in [2.45, 2.75) is 52.6 Å². The number of rotatable bonds is 5. The molecule has 0 unspecified atom stereocenters. The molecule has 0 aromatic carbocycles. The van der Waals surface area contributed by atoms with Crippen LogP contribution in [-0.4, -0.2) is 16.3 Å². The van der Waals surface area contributed by atoms with Gasteiger partial charge in [-0.1, -0.05) is 13.3 Å². The summed E-state index contributed by atoms with van der Waals surface area (Å²) in [6.07, 6.45) is 6.56. The molecule has 3 nitrogen and oxygen atoms in total. The zero-order valence-corrected chi connectivity index (χ0v) is 10.4. The Balaban J connectivity index is 2.40. The molecule has 0 radical (unpaired) electrons. The fourth-order valence-corrected chi connectivity index (χ4v) is 1.35. The third-order valence-electron chi connectivity index (χ3n) is 2.36. The molecule has 86 valence electrons. The van der Waals surface area contributed by atoms with Crippen LogP contribution in [0.2, 0.25) is 0 Å². The summed E-state index contributed by atoms with van der Waals surface area (Å²) in [5.74, 6) is 0. The maximum Gasteiger partial charge on any atom is 0.0543 e. The van der Waals surface area contributed by atoms with Crippen LogP contribution < -0.4 is 5.32 Å². The summed E-state index contributed by atoms with van der Waals surface area (Å²) >= 11 is 0. The molecule has 0 bridgehead atoms. The molecule has 0 saturated carbocycles. The summed E-state index contributed by atoms with van der Waals surface area (Å²) in [6.45, 7) is 10.7. The van der Waals surface area contributed by atoms with Crippen LogP contribution in [0.15, 0.2) is 12.4 Å². The van der Waals surface area contributed by atoms with Crippen LogP contribution in [0.4, 0.5) is 0 Å². The molecule has 0 aliphatic carbocycles. The molecule has 0 atom stereocenters. The standard InChI is InChI=1S/C12H23N3/c1-5-6-7-13-8-11-9-14-15(10-11)12(2,3)4/h9-10,13H,5-8H2,1-4H3. The normalized spacial score (nSPS) is 12.0. The van der Waals surface area contributed by atoms with E-state index in [-0.39, 0.29) is 5.54 Å². The van der Waals surface area contributed by atoms with Gasteiger partial charge in [-0.2, -0.15) is 5.10 Å². The minimum absolute atomic E-state index is 0.0850. The van der Waals surface area contributed by atoms with Gasteiger partial charge in [0.1, 0.15) is 0 Å². The molecule has 0 aliphatic heterocycles. The first-order valence-corrected chi connectivity index (χ1v) is 5.79. The van der Waals surface area contributed by atoms with Crippen LogP contribution in [0, 0.1) is 0 Å². The van der Waals surface area contributed by atoms with Gasteiger partial charge in [-0.25, -0.2) is 0 Å². The second-order valence-electron chi connectivity index (χ2n) is 4.99. The highest BCUT2D eigenvalue weighted by Gasteiger charge is 2.13. The summed E-state index contributed by atoms with van der Waals surface area (Å²) in [7, 11) is 0. The summed E-state index contributed by atoms with van der Waals surface area (Å²) in [5, 5.41) is 7.78. The third-order valence-corrected chi connectivity index (χ3v) is 2.36. The average molecular weight is 209 g/mol. The van der Waals surface area contributed by atoms with E-state index in [1.165, 1.54) is 18.4 Å². The fraction of sp³-hybridized carbons (Fsp3) is 0.750. The van der Waals surface area contributed by atoms with Crippen molar-refractivity contribution < 1.29 is 0 Å². The van der Waals surface area contributed by atoms with Gasteiger partial charge in [0.2, 0.25) is 0 Å². The smallest absolute Gasteiger partial charge is 0.0543 e. The molecule has 0 amide bonds. The number of hydrogen-bond acceptors (Lipinski definition) is 2. The van der Waals surface area contributed by atoms with Gasteiger partial charge < -0.3 is 5.32 Å². The number of aromatic nitrogens is 2. The third kappa shape index (κ3) is 4.04. The van der Waals surface area contributed by atoms with Gasteiger partial charge in [0, 0.05) is 18.3 Å². The first kappa shape index (κ1) is 12.2. The predicted octanol–water partition coefficient (Wildman–Crippen LogP) is 2.53.